The Hall–Kier alpha value is -2.45. The summed E-state index contributed by atoms with van der Waals surface area (Å²) in [5.41, 5.74) is 6.24. The summed E-state index contributed by atoms with van der Waals surface area (Å²) in [5, 5.41) is 4.49. The van der Waals surface area contributed by atoms with E-state index in [0.29, 0.717) is 5.00 Å². The van der Waals surface area contributed by atoms with Crippen molar-refractivity contribution in [3.8, 4) is 0 Å². The molecule has 2 aromatic rings. The van der Waals surface area contributed by atoms with Crippen LogP contribution < -0.4 is 11.1 Å². The molecule has 0 aliphatic rings. The maximum absolute atomic E-state index is 12.1. The Morgan fingerprint density at radius 3 is 2.76 bits per heavy atom. The number of hydrogen-bond acceptors (Lipinski definition) is 5. The first-order valence-corrected chi connectivity index (χ1v) is 8.86. The van der Waals surface area contributed by atoms with Crippen LogP contribution in [0.15, 0.2) is 46.3 Å². The number of nitrogens with two attached hydrogens (primary N) is 1. The standard InChI is InChI=1S/C17H15BrN2O4S/c1-10(16(23)20-17-13(15(19)22)7-8-25-17)24-14(21)6-5-11-3-2-4-12(18)9-11/h2-10H,1H3,(H2,19,22)(H,20,23)/b6-5+. The van der Waals surface area contributed by atoms with Gasteiger partial charge in [0.05, 0.1) is 5.56 Å². The van der Waals surface area contributed by atoms with Crippen molar-refractivity contribution in [3.05, 3.63) is 57.4 Å². The average molecular weight is 423 g/mol. The Morgan fingerprint density at radius 1 is 1.32 bits per heavy atom. The molecular formula is C17H15BrN2O4S. The van der Waals surface area contributed by atoms with Crippen LogP contribution in [0.2, 0.25) is 0 Å². The van der Waals surface area contributed by atoms with Gasteiger partial charge >= 0.3 is 5.97 Å². The second-order valence-electron chi connectivity index (χ2n) is 4.98. The van der Waals surface area contributed by atoms with Crippen LogP contribution in [-0.4, -0.2) is 23.9 Å². The fraction of sp³-hybridized carbons (Fsp3) is 0.118. The van der Waals surface area contributed by atoms with Crippen molar-refractivity contribution in [1.29, 1.82) is 0 Å². The molecule has 1 atom stereocenters. The Morgan fingerprint density at radius 2 is 2.08 bits per heavy atom. The normalized spacial score (nSPS) is 11.9. The molecule has 1 aromatic heterocycles. The number of hydrogen-bond donors (Lipinski definition) is 2. The topological polar surface area (TPSA) is 98.5 Å². The van der Waals surface area contributed by atoms with Crippen molar-refractivity contribution < 1.29 is 19.1 Å². The van der Waals surface area contributed by atoms with Crippen molar-refractivity contribution in [3.63, 3.8) is 0 Å². The van der Waals surface area contributed by atoms with E-state index in [1.165, 1.54) is 19.1 Å². The van der Waals surface area contributed by atoms with Crippen molar-refractivity contribution in [2.24, 2.45) is 5.73 Å². The Labute approximate surface area is 156 Å². The minimum atomic E-state index is -1.03. The van der Waals surface area contributed by atoms with Gasteiger partial charge in [-0.1, -0.05) is 28.1 Å². The second-order valence-corrected chi connectivity index (χ2v) is 6.82. The predicted molar refractivity (Wildman–Crippen MR) is 100 cm³/mol. The van der Waals surface area contributed by atoms with Gasteiger partial charge in [0.1, 0.15) is 5.00 Å². The number of ether oxygens (including phenoxy) is 1. The summed E-state index contributed by atoms with van der Waals surface area (Å²) in [6.45, 7) is 1.44. The lowest BCUT2D eigenvalue weighted by Gasteiger charge is -2.12. The number of primary amides is 1. The number of amides is 2. The minimum Gasteiger partial charge on any atom is -0.449 e. The summed E-state index contributed by atoms with van der Waals surface area (Å²) < 4.78 is 5.94. The van der Waals surface area contributed by atoms with Crippen LogP contribution in [-0.2, 0) is 14.3 Å². The number of thiophene rings is 1. The summed E-state index contributed by atoms with van der Waals surface area (Å²) in [6, 6.07) is 8.88. The van der Waals surface area contributed by atoms with E-state index in [2.05, 4.69) is 21.2 Å². The van der Waals surface area contributed by atoms with Crippen LogP contribution in [0.3, 0.4) is 0 Å². The van der Waals surface area contributed by atoms with E-state index in [1.807, 2.05) is 24.3 Å². The number of benzene rings is 1. The van der Waals surface area contributed by atoms with Crippen LogP contribution in [0.5, 0.6) is 0 Å². The van der Waals surface area contributed by atoms with Gasteiger partial charge in [-0.15, -0.1) is 11.3 Å². The minimum absolute atomic E-state index is 0.214. The molecule has 130 valence electrons. The third-order valence-electron chi connectivity index (χ3n) is 3.09. The molecule has 0 fully saturated rings. The Kier molecular flexibility index (Phi) is 6.49. The average Bonchev–Trinajstić information content (AvgIpc) is 3.01. The molecule has 25 heavy (non-hydrogen) atoms. The van der Waals surface area contributed by atoms with E-state index in [4.69, 9.17) is 10.5 Å². The van der Waals surface area contributed by atoms with E-state index in [0.717, 1.165) is 21.4 Å². The molecule has 0 bridgehead atoms. The van der Waals surface area contributed by atoms with Gasteiger partial charge in [-0.3, -0.25) is 9.59 Å². The molecule has 0 aliphatic heterocycles. The molecule has 1 heterocycles. The maximum atomic E-state index is 12.1. The molecule has 1 unspecified atom stereocenters. The third kappa shape index (κ3) is 5.54. The second kappa shape index (κ2) is 8.59. The molecule has 0 saturated carbocycles. The summed E-state index contributed by atoms with van der Waals surface area (Å²) >= 11 is 4.50. The van der Waals surface area contributed by atoms with Gasteiger partial charge in [0.25, 0.3) is 11.8 Å². The van der Waals surface area contributed by atoms with Gasteiger partial charge < -0.3 is 15.8 Å². The summed E-state index contributed by atoms with van der Waals surface area (Å²) in [4.78, 5) is 35.1. The number of anilines is 1. The van der Waals surface area contributed by atoms with E-state index in [9.17, 15) is 14.4 Å². The molecule has 8 heteroatoms. The highest BCUT2D eigenvalue weighted by molar-refractivity contribution is 9.10. The van der Waals surface area contributed by atoms with E-state index in [-0.39, 0.29) is 5.56 Å². The quantitative estimate of drug-likeness (QED) is 0.551. The van der Waals surface area contributed by atoms with Crippen LogP contribution in [0.4, 0.5) is 5.00 Å². The number of rotatable bonds is 6. The monoisotopic (exact) mass is 422 g/mol. The molecule has 0 saturated heterocycles. The van der Waals surface area contributed by atoms with Crippen molar-refractivity contribution >= 4 is 56.1 Å². The molecule has 6 nitrogen and oxygen atoms in total. The van der Waals surface area contributed by atoms with Gasteiger partial charge in [-0.25, -0.2) is 4.79 Å². The van der Waals surface area contributed by atoms with Crippen LogP contribution in [0.25, 0.3) is 6.08 Å². The molecule has 0 spiro atoms. The fourth-order valence-corrected chi connectivity index (χ4v) is 3.07. The van der Waals surface area contributed by atoms with Gasteiger partial charge in [0, 0.05) is 10.5 Å². The largest absolute Gasteiger partial charge is 0.449 e. The van der Waals surface area contributed by atoms with E-state index in [1.54, 1.807) is 11.5 Å². The lowest BCUT2D eigenvalue weighted by Crippen LogP contribution is -2.29. The molecule has 1 aromatic carbocycles. The van der Waals surface area contributed by atoms with E-state index >= 15 is 0 Å². The van der Waals surface area contributed by atoms with Gasteiger partial charge in [0.15, 0.2) is 6.10 Å². The summed E-state index contributed by atoms with van der Waals surface area (Å²) in [5.74, 6) is -1.84. The maximum Gasteiger partial charge on any atom is 0.331 e. The number of carbonyl (C=O) groups excluding carboxylic acids is 3. The molecule has 0 radical (unpaired) electrons. The Balaban J connectivity index is 1.93. The number of esters is 1. The Bertz CT molecular complexity index is 832. The summed E-state index contributed by atoms with van der Waals surface area (Å²) in [7, 11) is 0. The fourth-order valence-electron chi connectivity index (χ4n) is 1.86. The van der Waals surface area contributed by atoms with Crippen LogP contribution >= 0.6 is 27.3 Å². The van der Waals surface area contributed by atoms with Crippen molar-refractivity contribution in [2.75, 3.05) is 5.32 Å². The highest BCUT2D eigenvalue weighted by Crippen LogP contribution is 2.23. The molecule has 2 amide bonds. The van der Waals surface area contributed by atoms with Gasteiger partial charge in [0.2, 0.25) is 0 Å². The molecule has 2 rings (SSSR count). The number of halogens is 1. The third-order valence-corrected chi connectivity index (χ3v) is 4.41. The van der Waals surface area contributed by atoms with Crippen LogP contribution in [0.1, 0.15) is 22.8 Å². The first kappa shape index (κ1) is 18.9. The highest BCUT2D eigenvalue weighted by Gasteiger charge is 2.19. The first-order valence-electron chi connectivity index (χ1n) is 7.19. The molecule has 3 N–H and O–H groups in total. The zero-order valence-electron chi connectivity index (χ0n) is 13.2. The predicted octanol–water partition coefficient (Wildman–Crippen LogP) is 3.19. The lowest BCUT2D eigenvalue weighted by atomic mass is 10.2. The number of carbonyl (C=O) groups is 3. The van der Waals surface area contributed by atoms with Crippen LogP contribution in [0, 0.1) is 0 Å². The van der Waals surface area contributed by atoms with Crippen molar-refractivity contribution in [1.82, 2.24) is 0 Å². The smallest absolute Gasteiger partial charge is 0.331 e. The zero-order chi connectivity index (χ0) is 18.4. The molecule has 0 aliphatic carbocycles. The summed E-state index contributed by atoms with van der Waals surface area (Å²) in [6.07, 6.45) is 1.80. The number of nitrogens with one attached hydrogen (secondary N) is 1. The van der Waals surface area contributed by atoms with Crippen molar-refractivity contribution in [2.45, 2.75) is 13.0 Å². The SMILES string of the molecule is CC(OC(=O)/C=C/c1cccc(Br)c1)C(=O)Nc1sccc1C(N)=O. The highest BCUT2D eigenvalue weighted by atomic mass is 79.9. The van der Waals surface area contributed by atoms with Gasteiger partial charge in [-0.05, 0) is 42.1 Å². The molecular weight excluding hydrogens is 408 g/mol. The lowest BCUT2D eigenvalue weighted by molar-refractivity contribution is -0.148. The van der Waals surface area contributed by atoms with Gasteiger partial charge in [-0.2, -0.15) is 0 Å². The van der Waals surface area contributed by atoms with E-state index < -0.39 is 23.9 Å². The zero-order valence-corrected chi connectivity index (χ0v) is 15.6. The first-order chi connectivity index (χ1) is 11.9.